The number of nitrogens with zero attached hydrogens (tertiary/aromatic N) is 3. The van der Waals surface area contributed by atoms with Gasteiger partial charge in [0.1, 0.15) is 40.8 Å². The van der Waals surface area contributed by atoms with E-state index in [0.717, 1.165) is 29.1 Å². The Hall–Kier alpha value is -5.18. The standard InChI is InChI=1S/C46H59N5O9S/c1-10-29-26-46(29,41(54)50(8)61(56,57)45(21-22-45)30-17-14-18-30)49-39(52)36-24-32(27-51(36)40(53)38(43(2,3)4)48-42(55)60-44(5,6)7)59-37-25-34(28-15-12-11-13-16-28)47-35-23-31(58-9)19-20-33(35)37/h10-13,15-16,19-20,23,25,29-30,32,36,38H,1,14,17-18,21-22,24,26-27H2,2-9H3,(H,48,55)(H,49,52). The van der Waals surface area contributed by atoms with E-state index in [9.17, 15) is 27.6 Å². The molecule has 5 unspecified atom stereocenters. The molecule has 4 amide bonds. The number of rotatable bonds is 13. The number of nitrogens with one attached hydrogen (secondary N) is 2. The summed E-state index contributed by atoms with van der Waals surface area (Å²) >= 11 is 0. The average Bonchev–Trinajstić information content (AvgIpc) is 4.09. The van der Waals surface area contributed by atoms with Crippen molar-refractivity contribution in [1.29, 1.82) is 0 Å². The zero-order valence-corrected chi connectivity index (χ0v) is 37.3. The van der Waals surface area contributed by atoms with Gasteiger partial charge in [0, 0.05) is 42.5 Å². The van der Waals surface area contributed by atoms with Crippen LogP contribution in [0.15, 0.2) is 67.3 Å². The number of sulfonamides is 1. The van der Waals surface area contributed by atoms with Crippen molar-refractivity contribution in [2.24, 2.45) is 17.3 Å². The molecule has 1 saturated heterocycles. The van der Waals surface area contributed by atoms with Crippen molar-refractivity contribution in [3.63, 3.8) is 0 Å². The SMILES string of the molecule is C=CC1CC1(NC(=O)C1CC(Oc2cc(-c3ccccc3)nc3cc(OC)ccc23)CN1C(=O)C(NC(=O)OC(C)(C)C)C(C)(C)C)C(=O)N(C)S(=O)(=O)C1(C2CCC2)CC1. The van der Waals surface area contributed by atoms with Crippen molar-refractivity contribution >= 4 is 44.7 Å². The summed E-state index contributed by atoms with van der Waals surface area (Å²) in [5.74, 6) is -1.38. The summed E-state index contributed by atoms with van der Waals surface area (Å²) in [4.78, 5) is 63.5. The Balaban J connectivity index is 1.22. The number of methoxy groups -OCH3 is 1. The Morgan fingerprint density at radius 3 is 2.26 bits per heavy atom. The van der Waals surface area contributed by atoms with Crippen molar-refractivity contribution < 1.29 is 41.8 Å². The van der Waals surface area contributed by atoms with E-state index < -0.39 is 79.2 Å². The highest BCUT2D eigenvalue weighted by atomic mass is 32.2. The zero-order valence-electron chi connectivity index (χ0n) is 36.4. The van der Waals surface area contributed by atoms with E-state index in [-0.39, 0.29) is 25.3 Å². The van der Waals surface area contributed by atoms with Gasteiger partial charge in [0.15, 0.2) is 0 Å². The second-order valence-electron chi connectivity index (χ2n) is 19.2. The van der Waals surface area contributed by atoms with E-state index in [1.165, 1.54) is 11.9 Å². The number of pyridine rings is 1. The number of carbonyl (C=O) groups is 4. The first-order chi connectivity index (χ1) is 28.6. The van der Waals surface area contributed by atoms with E-state index in [0.29, 0.717) is 40.9 Å². The van der Waals surface area contributed by atoms with Crippen molar-refractivity contribution in [3.8, 4) is 22.8 Å². The predicted octanol–water partition coefficient (Wildman–Crippen LogP) is 6.38. The minimum Gasteiger partial charge on any atom is -0.497 e. The normalized spacial score (nSPS) is 23.9. The Morgan fingerprint density at radius 2 is 1.70 bits per heavy atom. The highest BCUT2D eigenvalue weighted by Crippen LogP contribution is 2.58. The largest absolute Gasteiger partial charge is 0.497 e. The van der Waals surface area contributed by atoms with Crippen LogP contribution in [-0.2, 0) is 29.1 Å². The van der Waals surface area contributed by atoms with Crippen LogP contribution in [0.4, 0.5) is 4.79 Å². The van der Waals surface area contributed by atoms with E-state index in [1.54, 1.807) is 60.8 Å². The van der Waals surface area contributed by atoms with E-state index in [1.807, 2.05) is 48.5 Å². The lowest BCUT2D eigenvalue weighted by atomic mass is 9.81. The molecule has 2 heterocycles. The lowest BCUT2D eigenvalue weighted by Gasteiger charge is -2.37. The summed E-state index contributed by atoms with van der Waals surface area (Å²) in [5.41, 5.74) is -1.16. The third-order valence-electron chi connectivity index (χ3n) is 12.7. The molecule has 2 aromatic carbocycles. The van der Waals surface area contributed by atoms with Crippen LogP contribution < -0.4 is 20.1 Å². The average molecular weight is 858 g/mol. The molecule has 1 aliphatic heterocycles. The number of hydrogen-bond acceptors (Lipinski definition) is 10. The number of likely N-dealkylation sites (N-methyl/N-ethyl adjacent to an activating group) is 1. The van der Waals surface area contributed by atoms with Gasteiger partial charge in [-0.1, -0.05) is 63.6 Å². The maximum absolute atomic E-state index is 14.8. The van der Waals surface area contributed by atoms with Gasteiger partial charge in [0.2, 0.25) is 21.8 Å². The quantitative estimate of drug-likeness (QED) is 0.184. The Labute approximate surface area is 358 Å². The molecular weight excluding hydrogens is 799 g/mol. The first-order valence-corrected chi connectivity index (χ1v) is 22.6. The summed E-state index contributed by atoms with van der Waals surface area (Å²) in [6.07, 6.45) is 3.77. The summed E-state index contributed by atoms with van der Waals surface area (Å²) in [6, 6.07) is 14.6. The fourth-order valence-electron chi connectivity index (χ4n) is 8.87. The second-order valence-corrected chi connectivity index (χ2v) is 21.5. The summed E-state index contributed by atoms with van der Waals surface area (Å²) in [7, 11) is -1.18. The van der Waals surface area contributed by atoms with Crippen LogP contribution in [0.1, 0.15) is 86.5 Å². The van der Waals surface area contributed by atoms with E-state index >= 15 is 0 Å². The molecule has 7 rings (SSSR count). The summed E-state index contributed by atoms with van der Waals surface area (Å²) in [6.45, 7) is 14.4. The maximum atomic E-state index is 14.8. The Bertz CT molecular complexity index is 2330. The number of likely N-dealkylation sites (tertiary alicyclic amines) is 1. The molecule has 0 bridgehead atoms. The van der Waals surface area contributed by atoms with Crippen LogP contribution in [0.5, 0.6) is 11.5 Å². The molecule has 15 heteroatoms. The van der Waals surface area contributed by atoms with Gasteiger partial charge in [-0.15, -0.1) is 6.58 Å². The van der Waals surface area contributed by atoms with Gasteiger partial charge in [0.25, 0.3) is 5.91 Å². The molecule has 3 saturated carbocycles. The number of alkyl carbamates (subject to hydrolysis) is 1. The predicted molar refractivity (Wildman–Crippen MR) is 231 cm³/mol. The number of ether oxygens (including phenoxy) is 3. The topological polar surface area (TPSA) is 174 Å². The van der Waals surface area contributed by atoms with Crippen molar-refractivity contribution in [1.82, 2.24) is 24.8 Å². The maximum Gasteiger partial charge on any atom is 0.408 e. The molecular formula is C46H59N5O9S. The smallest absolute Gasteiger partial charge is 0.408 e. The molecule has 328 valence electrons. The van der Waals surface area contributed by atoms with Gasteiger partial charge in [-0.05, 0) is 76.3 Å². The molecule has 14 nitrogen and oxygen atoms in total. The minimum absolute atomic E-state index is 0.0102. The Kier molecular flexibility index (Phi) is 11.5. The fraction of sp³-hybridized carbons (Fsp3) is 0.543. The van der Waals surface area contributed by atoms with Gasteiger partial charge in [-0.3, -0.25) is 14.4 Å². The molecule has 1 aromatic heterocycles. The fourth-order valence-corrected chi connectivity index (χ4v) is 11.1. The van der Waals surface area contributed by atoms with Crippen LogP contribution >= 0.6 is 0 Å². The summed E-state index contributed by atoms with van der Waals surface area (Å²) in [5, 5.41) is 6.37. The van der Waals surface area contributed by atoms with Crippen LogP contribution in [-0.4, -0.2) is 101 Å². The molecule has 5 atom stereocenters. The third-order valence-corrected chi connectivity index (χ3v) is 15.4. The van der Waals surface area contributed by atoms with Gasteiger partial charge in [-0.25, -0.2) is 22.5 Å². The lowest BCUT2D eigenvalue weighted by molar-refractivity contribution is -0.143. The van der Waals surface area contributed by atoms with Crippen molar-refractivity contribution in [2.75, 3.05) is 20.7 Å². The highest BCUT2D eigenvalue weighted by Gasteiger charge is 2.67. The monoisotopic (exact) mass is 857 g/mol. The van der Waals surface area contributed by atoms with Crippen molar-refractivity contribution in [2.45, 2.75) is 121 Å². The van der Waals surface area contributed by atoms with Gasteiger partial charge in [0.05, 0.1) is 29.6 Å². The number of benzene rings is 2. The van der Waals surface area contributed by atoms with Gasteiger partial charge in [-0.2, -0.15) is 0 Å². The first-order valence-electron chi connectivity index (χ1n) is 21.1. The first kappa shape index (κ1) is 43.9. The molecule has 4 fully saturated rings. The van der Waals surface area contributed by atoms with Gasteiger partial charge < -0.3 is 29.7 Å². The van der Waals surface area contributed by atoms with E-state index in [2.05, 4.69) is 17.2 Å². The molecule has 2 N–H and O–H groups in total. The minimum atomic E-state index is -4.03. The zero-order chi connectivity index (χ0) is 44.3. The van der Waals surface area contributed by atoms with Crippen LogP contribution in [0.25, 0.3) is 22.2 Å². The molecule has 0 radical (unpaired) electrons. The van der Waals surface area contributed by atoms with Crippen LogP contribution in [0.3, 0.4) is 0 Å². The van der Waals surface area contributed by atoms with E-state index in [4.69, 9.17) is 19.2 Å². The number of carbonyl (C=O) groups excluding carboxylic acids is 4. The third kappa shape index (κ3) is 8.41. The molecule has 4 aliphatic rings. The number of aromatic nitrogens is 1. The molecule has 3 aromatic rings. The second kappa shape index (κ2) is 15.9. The van der Waals surface area contributed by atoms with Gasteiger partial charge >= 0.3 is 6.09 Å². The molecule has 0 spiro atoms. The van der Waals surface area contributed by atoms with Crippen LogP contribution in [0.2, 0.25) is 0 Å². The highest BCUT2D eigenvalue weighted by molar-refractivity contribution is 7.91. The molecule has 3 aliphatic carbocycles. The Morgan fingerprint density at radius 1 is 1.02 bits per heavy atom. The van der Waals surface area contributed by atoms with Crippen molar-refractivity contribution in [3.05, 3.63) is 67.3 Å². The number of fused-ring (bicyclic) bond motifs is 1. The molecule has 61 heavy (non-hydrogen) atoms. The number of amides is 4. The van der Waals surface area contributed by atoms with Crippen LogP contribution in [0, 0.1) is 17.3 Å². The lowest BCUT2D eigenvalue weighted by Crippen LogP contribution is -2.60. The summed E-state index contributed by atoms with van der Waals surface area (Å²) < 4.78 is 45.9. The number of hydrogen-bond donors (Lipinski definition) is 2.